The summed E-state index contributed by atoms with van der Waals surface area (Å²) in [6.07, 6.45) is 2.86. The van der Waals surface area contributed by atoms with Gasteiger partial charge in [0.05, 0.1) is 6.10 Å². The number of rotatable bonds is 7. The lowest BCUT2D eigenvalue weighted by Gasteiger charge is -2.35. The van der Waals surface area contributed by atoms with Gasteiger partial charge in [-0.2, -0.15) is 0 Å². The third-order valence-corrected chi connectivity index (χ3v) is 2.91. The smallest absolute Gasteiger partial charge is 0.221 e. The molecule has 1 aliphatic rings. The van der Waals surface area contributed by atoms with Crippen molar-refractivity contribution in [2.45, 2.75) is 58.2 Å². The van der Waals surface area contributed by atoms with Gasteiger partial charge in [-0.25, -0.2) is 0 Å². The zero-order valence-corrected chi connectivity index (χ0v) is 10.6. The van der Waals surface area contributed by atoms with Gasteiger partial charge < -0.3 is 15.4 Å². The number of amides is 1. The second kappa shape index (κ2) is 6.86. The number of hydrogen-bond acceptors (Lipinski definition) is 3. The van der Waals surface area contributed by atoms with Crippen molar-refractivity contribution in [3.8, 4) is 0 Å². The average molecular weight is 228 g/mol. The first kappa shape index (κ1) is 13.5. The van der Waals surface area contributed by atoms with Gasteiger partial charge in [-0.15, -0.1) is 0 Å². The Bertz CT molecular complexity index is 215. The van der Waals surface area contributed by atoms with Crippen molar-refractivity contribution in [2.75, 3.05) is 13.2 Å². The van der Waals surface area contributed by atoms with Crippen LogP contribution in [-0.2, 0) is 9.53 Å². The summed E-state index contributed by atoms with van der Waals surface area (Å²) >= 11 is 0. The molecule has 0 aliphatic heterocycles. The zero-order chi connectivity index (χ0) is 12.0. The van der Waals surface area contributed by atoms with E-state index in [1.807, 2.05) is 20.8 Å². The van der Waals surface area contributed by atoms with Crippen molar-refractivity contribution in [3.05, 3.63) is 0 Å². The third kappa shape index (κ3) is 4.49. The first-order valence-corrected chi connectivity index (χ1v) is 6.30. The highest BCUT2D eigenvalue weighted by atomic mass is 16.5. The summed E-state index contributed by atoms with van der Waals surface area (Å²) in [6, 6.07) is 0.589. The minimum absolute atomic E-state index is 0.147. The predicted octanol–water partition coefficient (Wildman–Crippen LogP) is 1.06. The van der Waals surface area contributed by atoms with E-state index in [1.165, 1.54) is 0 Å². The number of ether oxygens (including phenoxy) is 1. The maximum Gasteiger partial charge on any atom is 0.221 e. The van der Waals surface area contributed by atoms with Gasteiger partial charge in [0.2, 0.25) is 5.91 Å². The summed E-state index contributed by atoms with van der Waals surface area (Å²) in [5, 5.41) is 6.26. The molecule has 1 aliphatic carbocycles. The van der Waals surface area contributed by atoms with Crippen LogP contribution >= 0.6 is 0 Å². The summed E-state index contributed by atoms with van der Waals surface area (Å²) < 4.78 is 5.45. The lowest BCUT2D eigenvalue weighted by molar-refractivity contribution is -0.124. The van der Waals surface area contributed by atoms with E-state index in [9.17, 15) is 4.79 Å². The van der Waals surface area contributed by atoms with Crippen molar-refractivity contribution in [1.29, 1.82) is 0 Å². The van der Waals surface area contributed by atoms with Gasteiger partial charge in [-0.1, -0.05) is 6.92 Å². The van der Waals surface area contributed by atoms with E-state index in [0.717, 1.165) is 26.0 Å². The van der Waals surface area contributed by atoms with Crippen molar-refractivity contribution in [3.63, 3.8) is 0 Å². The van der Waals surface area contributed by atoms with Crippen LogP contribution in [0, 0.1) is 0 Å². The van der Waals surface area contributed by atoms with Crippen LogP contribution in [0.3, 0.4) is 0 Å². The minimum atomic E-state index is 0.147. The molecule has 0 aromatic heterocycles. The van der Waals surface area contributed by atoms with Crippen molar-refractivity contribution in [2.24, 2.45) is 0 Å². The fourth-order valence-corrected chi connectivity index (χ4v) is 2.04. The molecule has 4 nitrogen and oxygen atoms in total. The Morgan fingerprint density at radius 3 is 2.69 bits per heavy atom. The number of hydrogen-bond donors (Lipinski definition) is 2. The number of carbonyl (C=O) groups excluding carboxylic acids is 1. The van der Waals surface area contributed by atoms with Gasteiger partial charge in [0.15, 0.2) is 0 Å². The second-order valence-electron chi connectivity index (χ2n) is 4.48. The molecule has 0 aromatic rings. The average Bonchev–Trinajstić information content (AvgIpc) is 2.14. The molecular formula is C12H24N2O2. The topological polar surface area (TPSA) is 50.4 Å². The lowest BCUT2D eigenvalue weighted by atomic mass is 9.89. The number of carbonyl (C=O) groups is 1. The molecule has 94 valence electrons. The highest BCUT2D eigenvalue weighted by Crippen LogP contribution is 2.23. The second-order valence-corrected chi connectivity index (χ2v) is 4.48. The largest absolute Gasteiger partial charge is 0.378 e. The molecule has 1 rings (SSSR count). The van der Waals surface area contributed by atoms with Crippen molar-refractivity contribution < 1.29 is 9.53 Å². The molecule has 1 fully saturated rings. The molecule has 0 radical (unpaired) electrons. The van der Waals surface area contributed by atoms with Gasteiger partial charge in [-0.05, 0) is 33.2 Å². The Labute approximate surface area is 98.1 Å². The van der Waals surface area contributed by atoms with E-state index in [2.05, 4.69) is 10.6 Å². The third-order valence-electron chi connectivity index (χ3n) is 2.91. The van der Waals surface area contributed by atoms with Crippen LogP contribution in [0.4, 0.5) is 0 Å². The molecule has 1 unspecified atom stereocenters. The summed E-state index contributed by atoms with van der Waals surface area (Å²) in [6.45, 7) is 7.76. The molecule has 16 heavy (non-hydrogen) atoms. The van der Waals surface area contributed by atoms with Crippen LogP contribution < -0.4 is 10.6 Å². The first-order valence-electron chi connectivity index (χ1n) is 6.30. The molecule has 1 amide bonds. The van der Waals surface area contributed by atoms with Crippen LogP contribution in [0.1, 0.15) is 40.0 Å². The van der Waals surface area contributed by atoms with Gasteiger partial charge >= 0.3 is 0 Å². The molecule has 0 bridgehead atoms. The first-order chi connectivity index (χ1) is 7.65. The standard InChI is InChI=1S/C12H24N2O2/c1-4-13-9(3)6-12(15)14-10-7-11(8-10)16-5-2/h9-11,13H,4-8H2,1-3H3,(H,14,15). The molecule has 0 heterocycles. The minimum Gasteiger partial charge on any atom is -0.378 e. The van der Waals surface area contributed by atoms with Crippen molar-refractivity contribution >= 4 is 5.91 Å². The number of nitrogens with one attached hydrogen (secondary N) is 2. The van der Waals surface area contributed by atoms with Gasteiger partial charge in [0.25, 0.3) is 0 Å². The quantitative estimate of drug-likeness (QED) is 0.685. The molecule has 0 aromatic carbocycles. The van der Waals surface area contributed by atoms with Crippen molar-refractivity contribution in [1.82, 2.24) is 10.6 Å². The van der Waals surface area contributed by atoms with Gasteiger partial charge in [0.1, 0.15) is 0 Å². The van der Waals surface area contributed by atoms with Crippen LogP contribution in [-0.4, -0.2) is 37.2 Å². The summed E-state index contributed by atoms with van der Waals surface area (Å²) in [4.78, 5) is 11.6. The van der Waals surface area contributed by atoms with Crippen LogP contribution in [0.25, 0.3) is 0 Å². The Morgan fingerprint density at radius 2 is 2.12 bits per heavy atom. The molecule has 2 N–H and O–H groups in total. The van der Waals surface area contributed by atoms with Crippen LogP contribution in [0.5, 0.6) is 0 Å². The summed E-state index contributed by atoms with van der Waals surface area (Å²) in [5.74, 6) is 0.147. The SMILES string of the molecule is CCNC(C)CC(=O)NC1CC(OCC)C1. The highest BCUT2D eigenvalue weighted by Gasteiger charge is 2.30. The normalized spacial score (nSPS) is 25.9. The monoisotopic (exact) mass is 228 g/mol. The van der Waals surface area contributed by atoms with E-state index in [-0.39, 0.29) is 11.9 Å². The Kier molecular flexibility index (Phi) is 5.77. The Morgan fingerprint density at radius 1 is 1.44 bits per heavy atom. The fourth-order valence-electron chi connectivity index (χ4n) is 2.04. The summed E-state index contributed by atoms with van der Waals surface area (Å²) in [5.41, 5.74) is 0. The molecule has 1 saturated carbocycles. The maximum absolute atomic E-state index is 11.6. The zero-order valence-electron chi connectivity index (χ0n) is 10.6. The van der Waals surface area contributed by atoms with Gasteiger partial charge in [0, 0.05) is 25.1 Å². The van der Waals surface area contributed by atoms with E-state index in [4.69, 9.17) is 4.74 Å². The predicted molar refractivity (Wildman–Crippen MR) is 64.3 cm³/mol. The van der Waals surface area contributed by atoms with E-state index in [0.29, 0.717) is 18.6 Å². The Balaban J connectivity index is 2.07. The van der Waals surface area contributed by atoms with Crippen LogP contribution in [0.2, 0.25) is 0 Å². The highest BCUT2D eigenvalue weighted by molar-refractivity contribution is 5.76. The molecular weight excluding hydrogens is 204 g/mol. The van der Waals surface area contributed by atoms with E-state index in [1.54, 1.807) is 0 Å². The maximum atomic E-state index is 11.6. The summed E-state index contributed by atoms with van der Waals surface area (Å²) in [7, 11) is 0. The Hall–Kier alpha value is -0.610. The lowest BCUT2D eigenvalue weighted by Crippen LogP contribution is -2.48. The molecule has 1 atom stereocenters. The fraction of sp³-hybridized carbons (Fsp3) is 0.917. The van der Waals surface area contributed by atoms with E-state index < -0.39 is 0 Å². The van der Waals surface area contributed by atoms with Gasteiger partial charge in [-0.3, -0.25) is 4.79 Å². The molecule has 0 saturated heterocycles. The van der Waals surface area contributed by atoms with Crippen LogP contribution in [0.15, 0.2) is 0 Å². The molecule has 0 spiro atoms. The van der Waals surface area contributed by atoms with E-state index >= 15 is 0 Å². The molecule has 4 heteroatoms.